The molecular weight excluding hydrogens is 394 g/mol. The van der Waals surface area contributed by atoms with Crippen molar-refractivity contribution in [3.05, 3.63) is 55.8 Å². The number of halogens is 1. The summed E-state index contributed by atoms with van der Waals surface area (Å²) in [5.74, 6) is -0.0715. The summed E-state index contributed by atoms with van der Waals surface area (Å²) in [5.41, 5.74) is 1.54. The highest BCUT2D eigenvalue weighted by molar-refractivity contribution is 9.11. The van der Waals surface area contributed by atoms with Crippen LogP contribution in [0.25, 0.3) is 10.7 Å². The van der Waals surface area contributed by atoms with Gasteiger partial charge in [0.15, 0.2) is 0 Å². The average Bonchev–Trinajstić information content (AvgIpc) is 3.14. The first-order valence-corrected chi connectivity index (χ1v) is 9.47. The van der Waals surface area contributed by atoms with Gasteiger partial charge in [0.2, 0.25) is 0 Å². The fraction of sp³-hybridized carbons (Fsp3) is 0.188. The summed E-state index contributed by atoms with van der Waals surface area (Å²) in [7, 11) is 0. The number of pyridine rings is 1. The maximum Gasteiger partial charge on any atom is 0.263 e. The highest BCUT2D eigenvalue weighted by atomic mass is 79.9. The smallest absolute Gasteiger partial charge is 0.263 e. The van der Waals surface area contributed by atoms with Crippen molar-refractivity contribution in [3.63, 3.8) is 0 Å². The lowest BCUT2D eigenvalue weighted by atomic mass is 10.3. The molecule has 23 heavy (non-hydrogen) atoms. The first-order valence-electron chi connectivity index (χ1n) is 7.05. The van der Waals surface area contributed by atoms with Crippen molar-refractivity contribution in [2.45, 2.75) is 13.3 Å². The van der Waals surface area contributed by atoms with Crippen LogP contribution in [0.1, 0.15) is 20.2 Å². The molecule has 0 aliphatic rings. The van der Waals surface area contributed by atoms with E-state index in [1.807, 2.05) is 31.2 Å². The van der Waals surface area contributed by atoms with Crippen LogP contribution in [0.4, 0.5) is 0 Å². The average molecular weight is 408 g/mol. The lowest BCUT2D eigenvalue weighted by Crippen LogP contribution is -2.25. The fourth-order valence-corrected chi connectivity index (χ4v) is 4.51. The highest BCUT2D eigenvalue weighted by Crippen LogP contribution is 2.26. The Morgan fingerprint density at radius 3 is 2.83 bits per heavy atom. The number of thiazole rings is 1. The van der Waals surface area contributed by atoms with E-state index in [1.165, 1.54) is 16.2 Å². The zero-order valence-corrected chi connectivity index (χ0v) is 15.6. The van der Waals surface area contributed by atoms with Gasteiger partial charge < -0.3 is 5.32 Å². The second-order valence-electron chi connectivity index (χ2n) is 4.86. The minimum absolute atomic E-state index is 0.0715. The van der Waals surface area contributed by atoms with Gasteiger partial charge in [-0.15, -0.1) is 22.7 Å². The topological polar surface area (TPSA) is 54.9 Å². The second-order valence-corrected chi connectivity index (χ2v) is 8.41. The number of thiophene rings is 1. The number of hydrogen-bond donors (Lipinski definition) is 1. The molecule has 0 radical (unpaired) electrons. The van der Waals surface area contributed by atoms with Crippen LogP contribution in [-0.4, -0.2) is 22.4 Å². The summed E-state index contributed by atoms with van der Waals surface area (Å²) in [5, 5.41) is 3.74. The highest BCUT2D eigenvalue weighted by Gasteiger charge is 2.16. The zero-order valence-electron chi connectivity index (χ0n) is 12.4. The van der Waals surface area contributed by atoms with Crippen molar-refractivity contribution in [1.29, 1.82) is 0 Å². The number of carbonyl (C=O) groups excluding carboxylic acids is 1. The molecule has 3 rings (SSSR count). The molecule has 118 valence electrons. The van der Waals surface area contributed by atoms with Gasteiger partial charge in [0, 0.05) is 17.6 Å². The van der Waals surface area contributed by atoms with Crippen molar-refractivity contribution in [1.82, 2.24) is 15.3 Å². The third-order valence-electron chi connectivity index (χ3n) is 3.17. The van der Waals surface area contributed by atoms with Crippen LogP contribution in [0, 0.1) is 6.92 Å². The van der Waals surface area contributed by atoms with E-state index in [0.717, 1.165) is 26.6 Å². The molecular formula is C16H14BrN3OS2. The molecule has 3 heterocycles. The maximum absolute atomic E-state index is 12.3. The van der Waals surface area contributed by atoms with Crippen LogP contribution >= 0.6 is 38.6 Å². The van der Waals surface area contributed by atoms with Crippen molar-refractivity contribution in [3.8, 4) is 10.7 Å². The number of rotatable bonds is 5. The minimum atomic E-state index is -0.0715. The van der Waals surface area contributed by atoms with Crippen molar-refractivity contribution in [2.75, 3.05) is 6.54 Å². The standard InChI is InChI=1S/C16H14BrN3OS2/c1-10-14(23-16(20-10)12-4-2-3-8-18-12)15(21)19-9-7-11-5-6-13(17)22-11/h2-6,8H,7,9H2,1H3,(H,19,21). The SMILES string of the molecule is Cc1nc(-c2ccccn2)sc1C(=O)NCCc1ccc(Br)s1. The maximum atomic E-state index is 12.3. The number of amides is 1. The Bertz CT molecular complexity index is 814. The molecule has 0 aliphatic heterocycles. The molecule has 0 spiro atoms. The summed E-state index contributed by atoms with van der Waals surface area (Å²) >= 11 is 6.51. The molecule has 0 atom stereocenters. The van der Waals surface area contributed by atoms with Crippen molar-refractivity contribution < 1.29 is 4.79 Å². The normalized spacial score (nSPS) is 10.7. The van der Waals surface area contributed by atoms with Crippen LogP contribution in [0.2, 0.25) is 0 Å². The fourth-order valence-electron chi connectivity index (χ4n) is 2.07. The number of aromatic nitrogens is 2. The Morgan fingerprint density at radius 2 is 2.13 bits per heavy atom. The van der Waals surface area contributed by atoms with Gasteiger partial charge in [0.05, 0.1) is 15.2 Å². The van der Waals surface area contributed by atoms with Gasteiger partial charge in [0.1, 0.15) is 9.88 Å². The van der Waals surface area contributed by atoms with Crippen molar-refractivity contribution >= 4 is 44.5 Å². The van der Waals surface area contributed by atoms with Gasteiger partial charge in [-0.2, -0.15) is 0 Å². The minimum Gasteiger partial charge on any atom is -0.351 e. The summed E-state index contributed by atoms with van der Waals surface area (Å²) in [6.45, 7) is 2.47. The van der Waals surface area contributed by atoms with E-state index in [0.29, 0.717) is 11.4 Å². The molecule has 0 saturated heterocycles. The number of aryl methyl sites for hydroxylation is 1. The Morgan fingerprint density at radius 1 is 1.26 bits per heavy atom. The largest absolute Gasteiger partial charge is 0.351 e. The Labute approximate surface area is 150 Å². The number of hydrogen-bond acceptors (Lipinski definition) is 5. The molecule has 0 unspecified atom stereocenters. The predicted octanol–water partition coefficient (Wildman–Crippen LogP) is 4.31. The Hall–Kier alpha value is -1.57. The molecule has 0 bridgehead atoms. The van der Waals surface area contributed by atoms with Crippen LogP contribution in [0.15, 0.2) is 40.3 Å². The van der Waals surface area contributed by atoms with Crippen molar-refractivity contribution in [2.24, 2.45) is 0 Å². The summed E-state index contributed by atoms with van der Waals surface area (Å²) in [4.78, 5) is 23.0. The number of carbonyl (C=O) groups is 1. The van der Waals surface area contributed by atoms with E-state index in [4.69, 9.17) is 0 Å². The summed E-state index contributed by atoms with van der Waals surface area (Å²) in [6.07, 6.45) is 2.55. The van der Waals surface area contributed by atoms with E-state index in [-0.39, 0.29) is 5.91 Å². The van der Waals surface area contributed by atoms with Gasteiger partial charge in [-0.3, -0.25) is 9.78 Å². The number of nitrogens with zero attached hydrogens (tertiary/aromatic N) is 2. The molecule has 0 aromatic carbocycles. The Balaban J connectivity index is 1.64. The van der Waals surface area contributed by atoms with Crippen LogP contribution < -0.4 is 5.32 Å². The van der Waals surface area contributed by atoms with Gasteiger partial charge in [0.25, 0.3) is 5.91 Å². The molecule has 0 saturated carbocycles. The first kappa shape index (κ1) is 16.3. The van der Waals surface area contributed by atoms with Gasteiger partial charge >= 0.3 is 0 Å². The van der Waals surface area contributed by atoms with E-state index in [9.17, 15) is 4.79 Å². The third kappa shape index (κ3) is 4.04. The lowest BCUT2D eigenvalue weighted by molar-refractivity contribution is 0.0957. The first-order chi connectivity index (χ1) is 11.1. The van der Waals surface area contributed by atoms with Gasteiger partial charge in [-0.1, -0.05) is 6.07 Å². The van der Waals surface area contributed by atoms with Crippen LogP contribution in [0.5, 0.6) is 0 Å². The van der Waals surface area contributed by atoms with Crippen LogP contribution in [0.3, 0.4) is 0 Å². The zero-order chi connectivity index (χ0) is 16.2. The molecule has 7 heteroatoms. The van der Waals surface area contributed by atoms with Gasteiger partial charge in [-0.05, 0) is 53.5 Å². The molecule has 4 nitrogen and oxygen atoms in total. The molecule has 3 aromatic rings. The lowest BCUT2D eigenvalue weighted by Gasteiger charge is -2.02. The van der Waals surface area contributed by atoms with E-state index in [2.05, 4.69) is 37.3 Å². The quantitative estimate of drug-likeness (QED) is 0.685. The second kappa shape index (κ2) is 7.33. The monoisotopic (exact) mass is 407 g/mol. The van der Waals surface area contributed by atoms with E-state index >= 15 is 0 Å². The summed E-state index contributed by atoms with van der Waals surface area (Å²) in [6, 6.07) is 9.76. The molecule has 0 aliphatic carbocycles. The van der Waals surface area contributed by atoms with E-state index < -0.39 is 0 Å². The third-order valence-corrected chi connectivity index (χ3v) is 6.03. The molecule has 1 N–H and O–H groups in total. The predicted molar refractivity (Wildman–Crippen MR) is 98.1 cm³/mol. The molecule has 3 aromatic heterocycles. The molecule has 0 fully saturated rings. The number of nitrogens with one attached hydrogen (secondary N) is 1. The van der Waals surface area contributed by atoms with Crippen LogP contribution in [-0.2, 0) is 6.42 Å². The van der Waals surface area contributed by atoms with Gasteiger partial charge in [-0.25, -0.2) is 4.98 Å². The van der Waals surface area contributed by atoms with E-state index in [1.54, 1.807) is 17.5 Å². The summed E-state index contributed by atoms with van der Waals surface area (Å²) < 4.78 is 1.11. The molecule has 1 amide bonds. The Kier molecular flexibility index (Phi) is 5.20.